The number of aromatic amines is 1. The Morgan fingerprint density at radius 3 is 2.79 bits per heavy atom. The van der Waals surface area contributed by atoms with Crippen molar-refractivity contribution in [1.29, 1.82) is 0 Å². The third-order valence-electron chi connectivity index (χ3n) is 7.23. The van der Waals surface area contributed by atoms with Crippen LogP contribution in [-0.2, 0) is 11.0 Å². The molecule has 0 spiro atoms. The molecule has 10 nitrogen and oxygen atoms in total. The zero-order valence-electron chi connectivity index (χ0n) is 15.6. The second kappa shape index (κ2) is 4.73. The molecule has 0 radical (unpaired) electrons. The van der Waals surface area contributed by atoms with Crippen LogP contribution in [0.15, 0.2) is 12.5 Å². The fourth-order valence-electron chi connectivity index (χ4n) is 6.66. The number of rotatable bonds is 2. The molecular formula is C18H20N10. The highest BCUT2D eigenvalue weighted by atomic mass is 15.6. The minimum atomic E-state index is -0.0496. The van der Waals surface area contributed by atoms with Crippen LogP contribution in [0.4, 0.5) is 0 Å². The Morgan fingerprint density at radius 1 is 1.14 bits per heavy atom. The summed E-state index contributed by atoms with van der Waals surface area (Å²) in [4.78, 5) is 11.3. The van der Waals surface area contributed by atoms with Crippen LogP contribution in [0.2, 0.25) is 0 Å². The van der Waals surface area contributed by atoms with Crippen molar-refractivity contribution in [2.24, 2.45) is 11.8 Å². The van der Waals surface area contributed by atoms with Gasteiger partial charge in [0.2, 0.25) is 0 Å². The lowest BCUT2D eigenvalue weighted by atomic mass is 9.46. The highest BCUT2D eigenvalue weighted by molar-refractivity contribution is 5.87. The van der Waals surface area contributed by atoms with E-state index in [2.05, 4.69) is 30.6 Å². The van der Waals surface area contributed by atoms with Gasteiger partial charge in [-0.1, -0.05) is 0 Å². The molecule has 4 aromatic heterocycles. The summed E-state index contributed by atoms with van der Waals surface area (Å²) in [5, 5.41) is 26.0. The number of nitrogens with zero attached hydrogens (tertiary/aromatic N) is 9. The third-order valence-corrected chi connectivity index (χ3v) is 7.23. The fourth-order valence-corrected chi connectivity index (χ4v) is 6.66. The molecule has 0 aliphatic heterocycles. The van der Waals surface area contributed by atoms with Crippen LogP contribution in [0.5, 0.6) is 0 Å². The van der Waals surface area contributed by atoms with Crippen LogP contribution in [0, 0.1) is 18.8 Å². The molecule has 0 amide bonds. The van der Waals surface area contributed by atoms with Crippen molar-refractivity contribution in [2.45, 2.75) is 56.4 Å². The standard InChI is InChI=1S/C18H20N10/c1-10-22-26-28(24-10)18-5-11-2-12(6-18)4-17(3-11,8-18)16-21-15-13-7-20-23-14(13)19-9-27(15)25-16/h7,9,11-12H,2-6,8H2,1H3,(H,20,23). The maximum atomic E-state index is 5.02. The Hall–Kier alpha value is -2.91. The lowest BCUT2D eigenvalue weighted by Gasteiger charge is -2.60. The number of hydrogen-bond acceptors (Lipinski definition) is 7. The van der Waals surface area contributed by atoms with E-state index in [-0.39, 0.29) is 11.0 Å². The first-order valence-corrected chi connectivity index (χ1v) is 9.95. The van der Waals surface area contributed by atoms with Crippen molar-refractivity contribution in [3.05, 3.63) is 24.2 Å². The molecule has 4 aliphatic rings. The Morgan fingerprint density at radius 2 is 2.00 bits per heavy atom. The average Bonchev–Trinajstić information content (AvgIpc) is 3.38. The Labute approximate surface area is 159 Å². The molecule has 4 fully saturated rings. The average molecular weight is 376 g/mol. The van der Waals surface area contributed by atoms with E-state index in [0.717, 1.165) is 60.4 Å². The van der Waals surface area contributed by atoms with E-state index in [9.17, 15) is 0 Å². The van der Waals surface area contributed by atoms with Gasteiger partial charge in [0.15, 0.2) is 22.9 Å². The minimum absolute atomic E-state index is 0.0201. The molecule has 10 heteroatoms. The van der Waals surface area contributed by atoms with Gasteiger partial charge in [-0.25, -0.2) is 14.5 Å². The summed E-state index contributed by atoms with van der Waals surface area (Å²) >= 11 is 0. The van der Waals surface area contributed by atoms with Crippen molar-refractivity contribution < 1.29 is 0 Å². The van der Waals surface area contributed by atoms with E-state index in [4.69, 9.17) is 10.1 Å². The van der Waals surface area contributed by atoms with Gasteiger partial charge in [-0.15, -0.1) is 15.3 Å². The lowest BCUT2D eigenvalue weighted by molar-refractivity contribution is -0.0785. The zero-order valence-corrected chi connectivity index (χ0v) is 15.6. The van der Waals surface area contributed by atoms with E-state index >= 15 is 0 Å². The summed E-state index contributed by atoms with van der Waals surface area (Å²) in [7, 11) is 0. The van der Waals surface area contributed by atoms with E-state index in [0.29, 0.717) is 11.8 Å². The molecular weight excluding hydrogens is 356 g/mol. The monoisotopic (exact) mass is 376 g/mol. The third kappa shape index (κ3) is 1.80. The number of hydrogen-bond donors (Lipinski definition) is 1. The Kier molecular flexibility index (Phi) is 2.55. The number of fused-ring (bicyclic) bond motifs is 3. The number of H-pyrrole nitrogens is 1. The summed E-state index contributed by atoms with van der Waals surface area (Å²) in [5.74, 6) is 3.03. The van der Waals surface area contributed by atoms with Crippen molar-refractivity contribution in [1.82, 2.24) is 50.0 Å². The first kappa shape index (κ1) is 15.1. The number of aromatic nitrogens is 10. The van der Waals surface area contributed by atoms with E-state index in [1.54, 1.807) is 17.0 Å². The molecule has 0 aromatic carbocycles. The molecule has 2 atom stereocenters. The second-order valence-electron chi connectivity index (χ2n) is 9.17. The molecule has 1 N–H and O–H groups in total. The van der Waals surface area contributed by atoms with Gasteiger partial charge in [-0.2, -0.15) is 9.90 Å². The molecule has 0 saturated heterocycles. The summed E-state index contributed by atoms with van der Waals surface area (Å²) in [5.41, 5.74) is 1.50. The van der Waals surface area contributed by atoms with Crippen LogP contribution in [0.3, 0.4) is 0 Å². The van der Waals surface area contributed by atoms with Crippen LogP contribution in [-0.4, -0.2) is 50.0 Å². The highest BCUT2D eigenvalue weighted by Gasteiger charge is 2.61. The largest absolute Gasteiger partial charge is 0.261 e. The molecule has 4 saturated carbocycles. The zero-order chi connectivity index (χ0) is 18.5. The van der Waals surface area contributed by atoms with Gasteiger partial charge in [0.25, 0.3) is 0 Å². The van der Waals surface area contributed by atoms with E-state index < -0.39 is 0 Å². The Balaban J connectivity index is 1.40. The first-order valence-electron chi connectivity index (χ1n) is 9.95. The highest BCUT2D eigenvalue weighted by Crippen LogP contribution is 2.64. The van der Waals surface area contributed by atoms with Crippen molar-refractivity contribution in [2.75, 3.05) is 0 Å². The summed E-state index contributed by atoms with van der Waals surface area (Å²) in [6, 6.07) is 0. The molecule has 4 heterocycles. The smallest absolute Gasteiger partial charge is 0.171 e. The lowest BCUT2D eigenvalue weighted by Crippen LogP contribution is -2.59. The van der Waals surface area contributed by atoms with Crippen LogP contribution >= 0.6 is 0 Å². The van der Waals surface area contributed by atoms with Crippen molar-refractivity contribution >= 4 is 16.7 Å². The topological polar surface area (TPSA) is 115 Å². The molecule has 4 aromatic rings. The van der Waals surface area contributed by atoms with Gasteiger partial charge < -0.3 is 0 Å². The number of aryl methyl sites for hydroxylation is 1. The van der Waals surface area contributed by atoms with Crippen LogP contribution in [0.1, 0.15) is 50.2 Å². The van der Waals surface area contributed by atoms with E-state index in [1.165, 1.54) is 6.42 Å². The quantitative estimate of drug-likeness (QED) is 0.564. The van der Waals surface area contributed by atoms with Gasteiger partial charge in [0, 0.05) is 5.41 Å². The number of tetrazole rings is 1. The normalized spacial score (nSPS) is 34.0. The van der Waals surface area contributed by atoms with Crippen molar-refractivity contribution in [3.63, 3.8) is 0 Å². The maximum Gasteiger partial charge on any atom is 0.171 e. The molecule has 8 rings (SSSR count). The Bertz CT molecular complexity index is 1220. The van der Waals surface area contributed by atoms with Gasteiger partial charge in [-0.3, -0.25) is 5.10 Å². The van der Waals surface area contributed by atoms with Crippen LogP contribution < -0.4 is 0 Å². The SMILES string of the molecule is Cc1nnn(C23CC4CC(CC(c5nc6c7cn[nH]c7ncn6n5)(C4)C2)C3)n1. The predicted octanol–water partition coefficient (Wildman–Crippen LogP) is 1.54. The van der Waals surface area contributed by atoms with Crippen molar-refractivity contribution in [3.8, 4) is 0 Å². The molecule has 2 unspecified atom stereocenters. The first-order chi connectivity index (χ1) is 13.6. The predicted molar refractivity (Wildman–Crippen MR) is 97.3 cm³/mol. The molecule has 28 heavy (non-hydrogen) atoms. The minimum Gasteiger partial charge on any atom is -0.261 e. The molecule has 142 valence electrons. The van der Waals surface area contributed by atoms with Gasteiger partial charge in [-0.05, 0) is 62.5 Å². The summed E-state index contributed by atoms with van der Waals surface area (Å²) in [6.45, 7) is 1.91. The van der Waals surface area contributed by atoms with Gasteiger partial charge in [0.1, 0.15) is 6.33 Å². The fraction of sp³-hybridized carbons (Fsp3) is 0.611. The molecule has 4 aliphatic carbocycles. The van der Waals surface area contributed by atoms with Gasteiger partial charge >= 0.3 is 0 Å². The van der Waals surface area contributed by atoms with E-state index in [1.807, 2.05) is 11.7 Å². The number of nitrogens with one attached hydrogen (secondary N) is 1. The second-order valence-corrected chi connectivity index (χ2v) is 9.17. The van der Waals surface area contributed by atoms with Crippen LogP contribution in [0.25, 0.3) is 16.7 Å². The van der Waals surface area contributed by atoms with Gasteiger partial charge in [0.05, 0.1) is 17.1 Å². The molecule has 4 bridgehead atoms. The summed E-state index contributed by atoms with van der Waals surface area (Å²) in [6.07, 6.45) is 10.4. The maximum absolute atomic E-state index is 5.02. The summed E-state index contributed by atoms with van der Waals surface area (Å²) < 4.78 is 1.80.